The van der Waals surface area contributed by atoms with Crippen LogP contribution >= 0.6 is 12.4 Å². The van der Waals surface area contributed by atoms with Crippen LogP contribution in [0, 0.1) is 13.8 Å². The van der Waals surface area contributed by atoms with Gasteiger partial charge in [0.25, 0.3) is 0 Å². The van der Waals surface area contributed by atoms with Gasteiger partial charge in [0, 0.05) is 25.7 Å². The fourth-order valence-corrected chi connectivity index (χ4v) is 4.23. The van der Waals surface area contributed by atoms with E-state index >= 15 is 0 Å². The van der Waals surface area contributed by atoms with Gasteiger partial charge in [-0.15, -0.1) is 12.4 Å². The lowest BCUT2D eigenvalue weighted by Crippen LogP contribution is -2.52. The number of nitrogens with zero attached hydrogens (tertiary/aromatic N) is 1. The minimum absolute atomic E-state index is 0. The number of benzene rings is 1. The summed E-state index contributed by atoms with van der Waals surface area (Å²) >= 11 is 0. The molecular weight excluding hydrogens is 284 g/mol. The highest BCUT2D eigenvalue weighted by Gasteiger charge is 2.31. The van der Waals surface area contributed by atoms with Gasteiger partial charge in [-0.1, -0.05) is 12.1 Å². The molecule has 0 spiro atoms. The van der Waals surface area contributed by atoms with Crippen LogP contribution in [0.5, 0.6) is 0 Å². The van der Waals surface area contributed by atoms with Crippen molar-refractivity contribution in [3.05, 3.63) is 29.3 Å². The Labute approximate surface area is 121 Å². The summed E-state index contributed by atoms with van der Waals surface area (Å²) in [6, 6.07) is 5.58. The van der Waals surface area contributed by atoms with Crippen LogP contribution in [0.1, 0.15) is 18.1 Å². The number of halogens is 1. The maximum absolute atomic E-state index is 12.7. The number of nitrogens with one attached hydrogen (secondary N) is 1. The standard InChI is InChI=1S/C13H20N2O2S.ClH/c1-10-4-5-11(2)13(8-10)18(16,17)15-7-6-14-9-12(15)3;/h4-5,8,12,14H,6-7,9H2,1-3H3;1H/t12-;/m1./s1. The van der Waals surface area contributed by atoms with Crippen LogP contribution in [-0.4, -0.2) is 38.4 Å². The maximum Gasteiger partial charge on any atom is 0.243 e. The van der Waals surface area contributed by atoms with E-state index in [1.54, 1.807) is 10.4 Å². The molecule has 0 unspecified atom stereocenters. The van der Waals surface area contributed by atoms with Crippen LogP contribution in [0.15, 0.2) is 23.1 Å². The Morgan fingerprint density at radius 1 is 1.32 bits per heavy atom. The lowest BCUT2D eigenvalue weighted by molar-refractivity contribution is 0.283. The second-order valence-corrected chi connectivity index (χ2v) is 6.80. The molecule has 0 saturated carbocycles. The summed E-state index contributed by atoms with van der Waals surface area (Å²) in [7, 11) is -3.37. The molecule has 0 aliphatic carbocycles. The lowest BCUT2D eigenvalue weighted by atomic mass is 10.2. The van der Waals surface area contributed by atoms with Crippen molar-refractivity contribution in [1.82, 2.24) is 9.62 Å². The van der Waals surface area contributed by atoms with E-state index in [1.807, 2.05) is 32.9 Å². The van der Waals surface area contributed by atoms with Crippen molar-refractivity contribution in [1.29, 1.82) is 0 Å². The molecule has 2 rings (SSSR count). The van der Waals surface area contributed by atoms with Gasteiger partial charge in [-0.3, -0.25) is 0 Å². The largest absolute Gasteiger partial charge is 0.314 e. The predicted octanol–water partition coefficient (Wildman–Crippen LogP) is 1.71. The molecule has 1 aromatic rings. The topological polar surface area (TPSA) is 49.4 Å². The second kappa shape index (κ2) is 6.22. The first-order valence-corrected chi connectivity index (χ1v) is 7.67. The number of sulfonamides is 1. The van der Waals surface area contributed by atoms with E-state index in [0.717, 1.165) is 11.1 Å². The molecule has 1 aromatic carbocycles. The van der Waals surface area contributed by atoms with Gasteiger partial charge in [-0.05, 0) is 38.0 Å². The van der Waals surface area contributed by atoms with E-state index in [2.05, 4.69) is 5.32 Å². The van der Waals surface area contributed by atoms with Gasteiger partial charge in [-0.25, -0.2) is 8.42 Å². The van der Waals surface area contributed by atoms with Gasteiger partial charge in [0.05, 0.1) is 4.90 Å². The van der Waals surface area contributed by atoms with Crippen molar-refractivity contribution in [2.24, 2.45) is 0 Å². The third-order valence-corrected chi connectivity index (χ3v) is 5.53. The fourth-order valence-electron chi connectivity index (χ4n) is 2.29. The smallest absolute Gasteiger partial charge is 0.243 e. The van der Waals surface area contributed by atoms with Crippen LogP contribution in [0.25, 0.3) is 0 Å². The van der Waals surface area contributed by atoms with Gasteiger partial charge in [-0.2, -0.15) is 4.31 Å². The zero-order valence-electron chi connectivity index (χ0n) is 11.5. The molecule has 0 radical (unpaired) electrons. The van der Waals surface area contributed by atoms with Gasteiger partial charge >= 0.3 is 0 Å². The van der Waals surface area contributed by atoms with Crippen molar-refractivity contribution < 1.29 is 8.42 Å². The Morgan fingerprint density at radius 3 is 2.63 bits per heavy atom. The van der Waals surface area contributed by atoms with Crippen LogP contribution < -0.4 is 5.32 Å². The van der Waals surface area contributed by atoms with Crippen LogP contribution in [0.2, 0.25) is 0 Å². The Balaban J connectivity index is 0.00000180. The molecule has 1 N–H and O–H groups in total. The summed E-state index contributed by atoms with van der Waals surface area (Å²) in [5.41, 5.74) is 1.79. The van der Waals surface area contributed by atoms with Crippen LogP contribution in [0.4, 0.5) is 0 Å². The molecule has 1 aliphatic rings. The zero-order chi connectivity index (χ0) is 13.3. The molecule has 0 bridgehead atoms. The van der Waals surface area contributed by atoms with E-state index in [1.165, 1.54) is 0 Å². The molecule has 1 atom stereocenters. The summed E-state index contributed by atoms with van der Waals surface area (Å²) in [4.78, 5) is 0.441. The molecular formula is C13H21ClN2O2S. The van der Waals surface area contributed by atoms with E-state index in [-0.39, 0.29) is 18.4 Å². The predicted molar refractivity (Wildman–Crippen MR) is 79.4 cm³/mol. The van der Waals surface area contributed by atoms with Crippen molar-refractivity contribution in [2.45, 2.75) is 31.7 Å². The van der Waals surface area contributed by atoms with E-state index in [0.29, 0.717) is 24.5 Å². The second-order valence-electron chi connectivity index (χ2n) is 4.94. The highest BCUT2D eigenvalue weighted by Crippen LogP contribution is 2.23. The first-order valence-electron chi connectivity index (χ1n) is 6.23. The van der Waals surface area contributed by atoms with Crippen molar-refractivity contribution in [3.8, 4) is 0 Å². The van der Waals surface area contributed by atoms with E-state index in [9.17, 15) is 8.42 Å². The number of hydrogen-bond donors (Lipinski definition) is 1. The van der Waals surface area contributed by atoms with Gasteiger partial charge < -0.3 is 5.32 Å². The first-order chi connectivity index (χ1) is 8.43. The van der Waals surface area contributed by atoms with Crippen molar-refractivity contribution in [3.63, 3.8) is 0 Å². The highest BCUT2D eigenvalue weighted by molar-refractivity contribution is 7.89. The Bertz CT molecular complexity index is 546. The monoisotopic (exact) mass is 304 g/mol. The minimum Gasteiger partial charge on any atom is -0.314 e. The SMILES string of the molecule is Cc1ccc(C)c(S(=O)(=O)N2CCNC[C@H]2C)c1.Cl. The average molecular weight is 305 g/mol. The molecule has 19 heavy (non-hydrogen) atoms. The molecule has 6 heteroatoms. The maximum atomic E-state index is 12.7. The summed E-state index contributed by atoms with van der Waals surface area (Å²) in [5, 5.41) is 3.21. The summed E-state index contributed by atoms with van der Waals surface area (Å²) in [6.07, 6.45) is 0. The van der Waals surface area contributed by atoms with Crippen LogP contribution in [0.3, 0.4) is 0 Å². The Kier molecular flexibility index (Phi) is 5.38. The fraction of sp³-hybridized carbons (Fsp3) is 0.538. The molecule has 108 valence electrons. The molecule has 1 saturated heterocycles. The third kappa shape index (κ3) is 3.28. The average Bonchev–Trinajstić information content (AvgIpc) is 2.32. The summed E-state index contributed by atoms with van der Waals surface area (Å²) in [6.45, 7) is 7.67. The number of piperazine rings is 1. The molecule has 0 amide bonds. The third-order valence-electron chi connectivity index (χ3n) is 3.37. The lowest BCUT2D eigenvalue weighted by Gasteiger charge is -2.33. The normalized spacial score (nSPS) is 20.9. The molecule has 4 nitrogen and oxygen atoms in total. The quantitative estimate of drug-likeness (QED) is 0.905. The highest BCUT2D eigenvalue weighted by atomic mass is 35.5. The minimum atomic E-state index is -3.37. The van der Waals surface area contributed by atoms with E-state index < -0.39 is 10.0 Å². The molecule has 0 aromatic heterocycles. The van der Waals surface area contributed by atoms with E-state index in [4.69, 9.17) is 0 Å². The van der Waals surface area contributed by atoms with Gasteiger partial charge in [0.1, 0.15) is 0 Å². The Morgan fingerprint density at radius 2 is 2.00 bits per heavy atom. The van der Waals surface area contributed by atoms with Gasteiger partial charge in [0.2, 0.25) is 10.0 Å². The molecule has 1 aliphatic heterocycles. The molecule has 1 heterocycles. The summed E-state index contributed by atoms with van der Waals surface area (Å²) < 4.78 is 26.9. The number of hydrogen-bond acceptors (Lipinski definition) is 3. The van der Waals surface area contributed by atoms with Crippen molar-refractivity contribution >= 4 is 22.4 Å². The summed E-state index contributed by atoms with van der Waals surface area (Å²) in [5.74, 6) is 0. The first kappa shape index (κ1) is 16.4. The van der Waals surface area contributed by atoms with Crippen LogP contribution in [-0.2, 0) is 10.0 Å². The van der Waals surface area contributed by atoms with Crippen molar-refractivity contribution in [2.75, 3.05) is 19.6 Å². The molecule has 1 fully saturated rings. The zero-order valence-corrected chi connectivity index (χ0v) is 13.1. The number of rotatable bonds is 2. The Hall–Kier alpha value is -0.620. The number of aryl methyl sites for hydroxylation is 2. The van der Waals surface area contributed by atoms with Gasteiger partial charge in [0.15, 0.2) is 0 Å².